The van der Waals surface area contributed by atoms with E-state index in [-0.39, 0.29) is 17.5 Å². The fraction of sp³-hybridized carbons (Fsp3) is 0.625. The van der Waals surface area contributed by atoms with Crippen LogP contribution in [0.15, 0.2) is 23.8 Å². The smallest absolute Gasteiger partial charge is 0.189 e. The largest absolute Gasteiger partial charge is 0.382 e. The number of hydrogen-bond acceptors (Lipinski definition) is 4. The van der Waals surface area contributed by atoms with Gasteiger partial charge in [0.2, 0.25) is 0 Å². The van der Waals surface area contributed by atoms with E-state index in [9.17, 15) is 19.8 Å². The van der Waals surface area contributed by atoms with Gasteiger partial charge in [-0.1, -0.05) is 18.2 Å². The van der Waals surface area contributed by atoms with Crippen LogP contribution in [-0.2, 0) is 9.59 Å². The van der Waals surface area contributed by atoms with Gasteiger partial charge in [0.15, 0.2) is 11.6 Å². The first kappa shape index (κ1) is 13.7. The maximum Gasteiger partial charge on any atom is 0.189 e. The second kappa shape index (κ2) is 3.49. The van der Waals surface area contributed by atoms with E-state index in [0.717, 1.165) is 0 Å². The summed E-state index contributed by atoms with van der Waals surface area (Å²) >= 11 is 0. The van der Waals surface area contributed by atoms with Crippen LogP contribution in [0.5, 0.6) is 0 Å². The minimum Gasteiger partial charge on any atom is -0.382 e. The summed E-state index contributed by atoms with van der Waals surface area (Å²) in [5.41, 5.74) is -3.46. The molecule has 2 bridgehead atoms. The number of fused-ring (bicyclic) bond motifs is 1. The monoisotopic (exact) mass is 276 g/mol. The second-order valence-corrected chi connectivity index (χ2v) is 7.02. The van der Waals surface area contributed by atoms with Gasteiger partial charge in [0.25, 0.3) is 0 Å². The fourth-order valence-electron chi connectivity index (χ4n) is 4.46. The van der Waals surface area contributed by atoms with Crippen LogP contribution in [0, 0.1) is 23.2 Å². The fourth-order valence-corrected chi connectivity index (χ4v) is 4.46. The lowest BCUT2D eigenvalue weighted by Crippen LogP contribution is -2.69. The number of Topliss-reactive ketones (excluding diaryl/α,β-unsaturated/α-hetero) is 2. The van der Waals surface area contributed by atoms with Crippen molar-refractivity contribution >= 4 is 11.6 Å². The molecule has 0 aromatic carbocycles. The third-order valence-electron chi connectivity index (χ3n) is 5.61. The van der Waals surface area contributed by atoms with E-state index in [1.54, 1.807) is 26.0 Å². The lowest BCUT2D eigenvalue weighted by Gasteiger charge is -2.59. The molecule has 0 heterocycles. The summed E-state index contributed by atoms with van der Waals surface area (Å²) in [4.78, 5) is 24.9. The van der Waals surface area contributed by atoms with Gasteiger partial charge in [-0.15, -0.1) is 0 Å². The van der Waals surface area contributed by atoms with E-state index >= 15 is 0 Å². The third-order valence-corrected chi connectivity index (χ3v) is 5.61. The highest BCUT2D eigenvalue weighted by Crippen LogP contribution is 2.59. The molecule has 4 heteroatoms. The molecule has 4 aliphatic rings. The van der Waals surface area contributed by atoms with Crippen LogP contribution in [0.3, 0.4) is 0 Å². The van der Waals surface area contributed by atoms with E-state index in [1.165, 1.54) is 13.8 Å². The standard InChI is InChI=1S/C16H20O4/c1-8-7-10-11(16(4,20)12(8)17)9-5-6-14(10,2)13(18)15(9,3)19/h5-7,9-11,19-20H,1-4H3/t9-,10+,11+,14-,15-,16+/m0/s1. The molecule has 0 aromatic rings. The Morgan fingerprint density at radius 3 is 2.25 bits per heavy atom. The topological polar surface area (TPSA) is 74.6 Å². The van der Waals surface area contributed by atoms with Crippen molar-refractivity contribution in [3.05, 3.63) is 23.8 Å². The number of ketones is 2. The van der Waals surface area contributed by atoms with Crippen LogP contribution in [0.4, 0.5) is 0 Å². The van der Waals surface area contributed by atoms with Gasteiger partial charge in [-0.3, -0.25) is 9.59 Å². The molecule has 0 aliphatic heterocycles. The van der Waals surface area contributed by atoms with E-state index in [4.69, 9.17) is 0 Å². The van der Waals surface area contributed by atoms with Crippen LogP contribution in [-0.4, -0.2) is 33.0 Å². The summed E-state index contributed by atoms with van der Waals surface area (Å²) in [6, 6.07) is 0. The van der Waals surface area contributed by atoms with Crippen molar-refractivity contribution in [2.24, 2.45) is 23.2 Å². The number of aliphatic hydroxyl groups is 2. The van der Waals surface area contributed by atoms with Gasteiger partial charge in [-0.2, -0.15) is 0 Å². The Balaban J connectivity index is 2.27. The number of hydrogen-bond donors (Lipinski definition) is 2. The van der Waals surface area contributed by atoms with Crippen molar-refractivity contribution in [1.82, 2.24) is 0 Å². The number of carbonyl (C=O) groups excluding carboxylic acids is 2. The lowest BCUT2D eigenvalue weighted by atomic mass is 9.44. The Kier molecular flexibility index (Phi) is 2.39. The van der Waals surface area contributed by atoms with Crippen LogP contribution in [0.25, 0.3) is 0 Å². The molecule has 4 rings (SSSR count). The predicted molar refractivity (Wildman–Crippen MR) is 72.7 cm³/mol. The normalized spacial score (nSPS) is 53.9. The Labute approximate surface area is 118 Å². The summed E-state index contributed by atoms with van der Waals surface area (Å²) in [6.07, 6.45) is 5.42. The molecular formula is C16H20O4. The zero-order chi connectivity index (χ0) is 15.1. The lowest BCUT2D eigenvalue weighted by molar-refractivity contribution is -0.185. The highest BCUT2D eigenvalue weighted by atomic mass is 16.3. The van der Waals surface area contributed by atoms with Crippen molar-refractivity contribution in [1.29, 1.82) is 0 Å². The predicted octanol–water partition coefficient (Wildman–Crippen LogP) is 1.02. The maximum atomic E-state index is 12.6. The molecule has 1 fully saturated rings. The zero-order valence-electron chi connectivity index (χ0n) is 12.2. The van der Waals surface area contributed by atoms with Gasteiger partial charge >= 0.3 is 0 Å². The first-order valence-corrected chi connectivity index (χ1v) is 6.97. The van der Waals surface area contributed by atoms with Gasteiger partial charge in [0.05, 0.1) is 5.41 Å². The Morgan fingerprint density at radius 2 is 1.65 bits per heavy atom. The minimum atomic E-state index is -1.55. The van der Waals surface area contributed by atoms with Gasteiger partial charge in [-0.05, 0) is 33.3 Å². The molecule has 0 amide bonds. The van der Waals surface area contributed by atoms with Crippen molar-refractivity contribution in [2.45, 2.75) is 38.9 Å². The average molecular weight is 276 g/mol. The molecule has 2 N–H and O–H groups in total. The van der Waals surface area contributed by atoms with Gasteiger partial charge < -0.3 is 10.2 Å². The molecule has 1 saturated carbocycles. The molecule has 108 valence electrons. The van der Waals surface area contributed by atoms with Gasteiger partial charge in [0, 0.05) is 17.8 Å². The Hall–Kier alpha value is -1.26. The molecule has 0 unspecified atom stereocenters. The molecule has 0 saturated heterocycles. The third kappa shape index (κ3) is 1.29. The van der Waals surface area contributed by atoms with E-state index < -0.39 is 28.5 Å². The average Bonchev–Trinajstić information content (AvgIpc) is 2.35. The second-order valence-electron chi connectivity index (χ2n) is 7.02. The van der Waals surface area contributed by atoms with Crippen molar-refractivity contribution in [3.8, 4) is 0 Å². The number of allylic oxidation sites excluding steroid dienone is 2. The first-order valence-electron chi connectivity index (χ1n) is 6.97. The van der Waals surface area contributed by atoms with Crippen molar-refractivity contribution < 1.29 is 19.8 Å². The van der Waals surface area contributed by atoms with E-state index in [1.807, 2.05) is 6.08 Å². The Morgan fingerprint density at radius 1 is 1.05 bits per heavy atom. The summed E-state index contributed by atoms with van der Waals surface area (Å²) in [6.45, 7) is 6.44. The van der Waals surface area contributed by atoms with Gasteiger partial charge in [-0.25, -0.2) is 0 Å². The molecule has 4 aliphatic carbocycles. The van der Waals surface area contributed by atoms with Crippen LogP contribution in [0.1, 0.15) is 27.7 Å². The summed E-state index contributed by atoms with van der Waals surface area (Å²) in [5, 5.41) is 21.3. The molecular weight excluding hydrogens is 256 g/mol. The SMILES string of the molecule is CC1=C[C@@H]2[C@@H]([C@@H]3C=C[C@]2(C)C(=O)[C@@]3(C)O)[C@@](C)(O)C1=O. The quantitative estimate of drug-likeness (QED) is 0.648. The van der Waals surface area contributed by atoms with E-state index in [0.29, 0.717) is 5.57 Å². The number of carbonyl (C=O) groups is 2. The summed E-state index contributed by atoms with van der Waals surface area (Å²) in [5.74, 6) is -1.80. The van der Waals surface area contributed by atoms with Gasteiger partial charge in [0.1, 0.15) is 11.2 Å². The van der Waals surface area contributed by atoms with Crippen molar-refractivity contribution in [3.63, 3.8) is 0 Å². The van der Waals surface area contributed by atoms with Crippen LogP contribution >= 0.6 is 0 Å². The van der Waals surface area contributed by atoms with E-state index in [2.05, 4.69) is 0 Å². The first-order chi connectivity index (χ1) is 9.04. The number of rotatable bonds is 0. The molecule has 4 nitrogen and oxygen atoms in total. The molecule has 20 heavy (non-hydrogen) atoms. The molecule has 6 atom stereocenters. The molecule has 0 aromatic heterocycles. The summed E-state index contributed by atoms with van der Waals surface area (Å²) in [7, 11) is 0. The minimum absolute atomic E-state index is 0.229. The highest BCUT2D eigenvalue weighted by molar-refractivity contribution is 6.04. The van der Waals surface area contributed by atoms with Crippen molar-refractivity contribution in [2.75, 3.05) is 0 Å². The maximum absolute atomic E-state index is 12.6. The molecule has 0 spiro atoms. The summed E-state index contributed by atoms with van der Waals surface area (Å²) < 4.78 is 0. The van der Waals surface area contributed by atoms with Crippen LogP contribution < -0.4 is 0 Å². The Bertz CT molecular complexity index is 581. The highest BCUT2D eigenvalue weighted by Gasteiger charge is 2.67. The molecule has 0 radical (unpaired) electrons. The zero-order valence-corrected chi connectivity index (χ0v) is 12.2. The van der Waals surface area contributed by atoms with Crippen LogP contribution in [0.2, 0.25) is 0 Å².